The summed E-state index contributed by atoms with van der Waals surface area (Å²) in [6.45, 7) is 4.60. The van der Waals surface area contributed by atoms with Gasteiger partial charge in [-0.05, 0) is 67.5 Å². The maximum atomic E-state index is 12.7. The molecular weight excluding hydrogens is 356 g/mol. The predicted octanol–water partition coefficient (Wildman–Crippen LogP) is 1.12. The van der Waals surface area contributed by atoms with Crippen molar-refractivity contribution in [3.8, 4) is 11.4 Å². The van der Waals surface area contributed by atoms with E-state index in [1.807, 2.05) is 36.1 Å². The van der Waals surface area contributed by atoms with E-state index in [1.54, 1.807) is 4.68 Å². The van der Waals surface area contributed by atoms with Crippen LogP contribution in [-0.4, -0.2) is 62.8 Å². The molecule has 0 saturated carbocycles. The summed E-state index contributed by atoms with van der Waals surface area (Å²) in [5, 5.41) is 14.8. The second-order valence-electron chi connectivity index (χ2n) is 6.54. The lowest BCUT2D eigenvalue weighted by molar-refractivity contribution is -0.135. The summed E-state index contributed by atoms with van der Waals surface area (Å²) in [5.41, 5.74) is 0.865. The van der Waals surface area contributed by atoms with Crippen LogP contribution in [0.2, 0.25) is 0 Å². The van der Waals surface area contributed by atoms with Crippen molar-refractivity contribution < 1.29 is 9.53 Å². The molecule has 3 heterocycles. The second kappa shape index (κ2) is 8.01. The molecule has 2 aliphatic heterocycles. The van der Waals surface area contributed by atoms with Gasteiger partial charge in [-0.25, -0.2) is 0 Å². The number of halogens is 1. The Morgan fingerprint density at radius 1 is 1.15 bits per heavy atom. The minimum atomic E-state index is -0.379. The van der Waals surface area contributed by atoms with Crippen LogP contribution in [0.15, 0.2) is 24.3 Å². The summed E-state index contributed by atoms with van der Waals surface area (Å²) in [7, 11) is 0. The van der Waals surface area contributed by atoms with E-state index in [4.69, 9.17) is 4.74 Å². The molecule has 8 nitrogen and oxygen atoms in total. The number of nitrogens with one attached hydrogen (secondary N) is 1. The highest BCUT2D eigenvalue weighted by Crippen LogP contribution is 2.24. The number of amides is 1. The van der Waals surface area contributed by atoms with Crippen LogP contribution in [0.3, 0.4) is 0 Å². The van der Waals surface area contributed by atoms with Gasteiger partial charge in [0.25, 0.3) is 5.91 Å². The van der Waals surface area contributed by atoms with Gasteiger partial charge in [0.2, 0.25) is 0 Å². The minimum absolute atomic E-state index is 0. The van der Waals surface area contributed by atoms with Gasteiger partial charge in [-0.2, -0.15) is 4.68 Å². The number of hydrogen-bond acceptors (Lipinski definition) is 6. The van der Waals surface area contributed by atoms with Crippen LogP contribution in [0, 0.1) is 6.92 Å². The van der Waals surface area contributed by atoms with Crippen LogP contribution in [0.4, 0.5) is 0 Å². The molecule has 1 N–H and O–H groups in total. The van der Waals surface area contributed by atoms with Crippen LogP contribution in [-0.2, 0) is 4.79 Å². The Kier molecular flexibility index (Phi) is 5.73. The molecule has 140 valence electrons. The number of piperidine rings is 1. The van der Waals surface area contributed by atoms with Crippen LogP contribution < -0.4 is 10.1 Å². The number of nitrogens with zero attached hydrogens (tertiary/aromatic N) is 5. The average Bonchev–Trinajstić information content (AvgIpc) is 3.23. The van der Waals surface area contributed by atoms with Crippen molar-refractivity contribution in [3.05, 3.63) is 30.1 Å². The molecule has 2 fully saturated rings. The van der Waals surface area contributed by atoms with Gasteiger partial charge in [-0.3, -0.25) is 4.79 Å². The first-order valence-corrected chi connectivity index (χ1v) is 8.75. The summed E-state index contributed by atoms with van der Waals surface area (Å²) >= 11 is 0. The molecule has 26 heavy (non-hydrogen) atoms. The lowest BCUT2D eigenvalue weighted by Crippen LogP contribution is -2.45. The number of tetrazole rings is 1. The number of carbonyl (C=O) groups excluding carboxylic acids is 1. The van der Waals surface area contributed by atoms with Crippen molar-refractivity contribution in [2.75, 3.05) is 19.6 Å². The lowest BCUT2D eigenvalue weighted by atomic mass is 10.1. The molecule has 0 spiro atoms. The van der Waals surface area contributed by atoms with Crippen molar-refractivity contribution in [2.24, 2.45) is 0 Å². The zero-order valence-electron chi connectivity index (χ0n) is 14.7. The maximum absolute atomic E-state index is 12.7. The van der Waals surface area contributed by atoms with Gasteiger partial charge in [-0.15, -0.1) is 17.5 Å². The number of likely N-dealkylation sites (tertiary alicyclic amines) is 1. The van der Waals surface area contributed by atoms with Crippen molar-refractivity contribution in [1.29, 1.82) is 0 Å². The molecule has 1 aromatic heterocycles. The Morgan fingerprint density at radius 2 is 1.88 bits per heavy atom. The third-order valence-electron chi connectivity index (χ3n) is 4.93. The number of benzene rings is 1. The highest BCUT2D eigenvalue weighted by Gasteiger charge is 2.37. The van der Waals surface area contributed by atoms with Crippen LogP contribution in [0.1, 0.15) is 25.1 Å². The Bertz CT molecular complexity index is 744. The van der Waals surface area contributed by atoms with E-state index < -0.39 is 0 Å². The first-order chi connectivity index (χ1) is 12.2. The molecule has 0 aliphatic carbocycles. The van der Waals surface area contributed by atoms with E-state index >= 15 is 0 Å². The zero-order chi connectivity index (χ0) is 17.2. The molecule has 2 aromatic rings. The third kappa shape index (κ3) is 3.66. The van der Waals surface area contributed by atoms with Crippen molar-refractivity contribution in [1.82, 2.24) is 30.4 Å². The maximum Gasteiger partial charge on any atom is 0.263 e. The molecule has 2 aliphatic rings. The molecular formula is C17H23ClN6O2. The average molecular weight is 379 g/mol. The standard InChI is InChI=1S/C17H22N6O2.ClH/c1-12-19-20-21-23(12)14-2-4-15(5-3-14)25-16-8-11-22(17(16)24)13-6-9-18-10-7-13;/h2-5,13,16,18H,6-11H2,1H3;1H/t16-;/m0./s1. The number of rotatable bonds is 4. The lowest BCUT2D eigenvalue weighted by Gasteiger charge is -2.31. The molecule has 1 aromatic carbocycles. The van der Waals surface area contributed by atoms with Gasteiger partial charge in [0.1, 0.15) is 5.75 Å². The van der Waals surface area contributed by atoms with Gasteiger partial charge >= 0.3 is 0 Å². The quantitative estimate of drug-likeness (QED) is 0.858. The topological polar surface area (TPSA) is 85.2 Å². The van der Waals surface area contributed by atoms with E-state index in [9.17, 15) is 4.79 Å². The third-order valence-corrected chi connectivity index (χ3v) is 4.93. The normalized spacial score (nSPS) is 20.9. The molecule has 0 bridgehead atoms. The van der Waals surface area contributed by atoms with Gasteiger partial charge in [0.05, 0.1) is 5.69 Å². The highest BCUT2D eigenvalue weighted by molar-refractivity contribution is 5.85. The SMILES string of the molecule is Cc1nnnn1-c1ccc(O[C@H]2CCN(C3CCNCC3)C2=O)cc1.Cl. The monoisotopic (exact) mass is 378 g/mol. The van der Waals surface area contributed by atoms with Crippen LogP contribution in [0.5, 0.6) is 5.75 Å². The molecule has 1 atom stereocenters. The van der Waals surface area contributed by atoms with Crippen LogP contribution >= 0.6 is 12.4 Å². The van der Waals surface area contributed by atoms with Crippen molar-refractivity contribution >= 4 is 18.3 Å². The van der Waals surface area contributed by atoms with E-state index in [-0.39, 0.29) is 24.4 Å². The number of aromatic nitrogens is 4. The Morgan fingerprint density at radius 3 is 2.54 bits per heavy atom. The fourth-order valence-electron chi connectivity index (χ4n) is 3.57. The summed E-state index contributed by atoms with van der Waals surface area (Å²) in [6, 6.07) is 7.85. The van der Waals surface area contributed by atoms with Crippen molar-refractivity contribution in [3.63, 3.8) is 0 Å². The van der Waals surface area contributed by atoms with E-state index in [0.29, 0.717) is 11.8 Å². The molecule has 0 unspecified atom stereocenters. The fraction of sp³-hybridized carbons (Fsp3) is 0.529. The molecule has 9 heteroatoms. The highest BCUT2D eigenvalue weighted by atomic mass is 35.5. The Hall–Kier alpha value is -2.19. The molecule has 4 rings (SSSR count). The Balaban J connectivity index is 0.00000196. The van der Waals surface area contributed by atoms with E-state index in [1.165, 1.54) is 0 Å². The zero-order valence-corrected chi connectivity index (χ0v) is 15.5. The molecule has 0 radical (unpaired) electrons. The van der Waals surface area contributed by atoms with Gasteiger partial charge in [-0.1, -0.05) is 0 Å². The predicted molar refractivity (Wildman–Crippen MR) is 97.8 cm³/mol. The van der Waals surface area contributed by atoms with E-state index in [0.717, 1.165) is 50.4 Å². The number of ether oxygens (including phenoxy) is 1. The van der Waals surface area contributed by atoms with E-state index in [2.05, 4.69) is 20.8 Å². The smallest absolute Gasteiger partial charge is 0.263 e. The first kappa shape index (κ1) is 18.6. The second-order valence-corrected chi connectivity index (χ2v) is 6.54. The first-order valence-electron chi connectivity index (χ1n) is 8.75. The van der Waals surface area contributed by atoms with Gasteiger partial charge in [0.15, 0.2) is 11.9 Å². The molecule has 2 saturated heterocycles. The van der Waals surface area contributed by atoms with Gasteiger partial charge < -0.3 is 15.0 Å². The van der Waals surface area contributed by atoms with Crippen molar-refractivity contribution in [2.45, 2.75) is 38.3 Å². The fourth-order valence-corrected chi connectivity index (χ4v) is 3.57. The number of carbonyl (C=O) groups is 1. The summed E-state index contributed by atoms with van der Waals surface area (Å²) in [5.74, 6) is 1.53. The summed E-state index contributed by atoms with van der Waals surface area (Å²) in [6.07, 6.45) is 2.42. The minimum Gasteiger partial charge on any atom is -0.481 e. The Labute approximate surface area is 158 Å². The molecule has 1 amide bonds. The number of hydrogen-bond donors (Lipinski definition) is 1. The van der Waals surface area contributed by atoms with Crippen LogP contribution in [0.25, 0.3) is 5.69 Å². The summed E-state index contributed by atoms with van der Waals surface area (Å²) < 4.78 is 7.60. The summed E-state index contributed by atoms with van der Waals surface area (Å²) in [4.78, 5) is 14.7. The number of aryl methyl sites for hydroxylation is 1. The largest absolute Gasteiger partial charge is 0.481 e. The van der Waals surface area contributed by atoms with Gasteiger partial charge in [0, 0.05) is 19.0 Å².